The highest BCUT2D eigenvalue weighted by atomic mass is 16.7. The Morgan fingerprint density at radius 1 is 0.714 bits per heavy atom. The molecule has 0 bridgehead atoms. The summed E-state index contributed by atoms with van der Waals surface area (Å²) in [5.41, 5.74) is 0. The fraction of sp³-hybridized carbons (Fsp3) is 0.800. The maximum atomic E-state index is 5.11. The molecule has 4 heteroatoms. The van der Waals surface area contributed by atoms with Crippen LogP contribution in [0.1, 0.15) is 13.8 Å². The van der Waals surface area contributed by atoms with Crippen LogP contribution < -0.4 is 0 Å². The molecular weight excluding hydrogens is 184 g/mol. The Labute approximate surface area is 85.8 Å². The fourth-order valence-electron chi connectivity index (χ4n) is 0.653. The zero-order chi connectivity index (χ0) is 10.5. The first kappa shape index (κ1) is 13.6. The van der Waals surface area contributed by atoms with Gasteiger partial charge in [-0.1, -0.05) is 12.2 Å². The Kier molecular flexibility index (Phi) is 12.2. The monoisotopic (exact) mass is 204 g/mol. The van der Waals surface area contributed by atoms with Crippen molar-refractivity contribution in [2.75, 3.05) is 40.0 Å². The summed E-state index contributed by atoms with van der Waals surface area (Å²) in [5.74, 6) is 0. The standard InChI is InChI=1S/C10H20O4/c1-3-11-9-13-7-5-6-8-14-10-12-4-2/h5-6H,3-4,7-10H2,1-2H3/b6-5+. The molecule has 0 saturated carbocycles. The molecule has 0 aliphatic carbocycles. The van der Waals surface area contributed by atoms with Crippen LogP contribution in [0.15, 0.2) is 12.2 Å². The summed E-state index contributed by atoms with van der Waals surface area (Å²) in [7, 11) is 0. The molecule has 84 valence electrons. The van der Waals surface area contributed by atoms with Gasteiger partial charge in [0.2, 0.25) is 0 Å². The van der Waals surface area contributed by atoms with Gasteiger partial charge in [-0.05, 0) is 13.8 Å². The fourth-order valence-corrected chi connectivity index (χ4v) is 0.653. The largest absolute Gasteiger partial charge is 0.356 e. The minimum absolute atomic E-state index is 0.348. The van der Waals surface area contributed by atoms with Crippen molar-refractivity contribution in [3.63, 3.8) is 0 Å². The molecule has 0 rings (SSSR count). The average molecular weight is 204 g/mol. The van der Waals surface area contributed by atoms with Gasteiger partial charge in [-0.3, -0.25) is 0 Å². The molecule has 4 nitrogen and oxygen atoms in total. The van der Waals surface area contributed by atoms with Crippen molar-refractivity contribution in [1.82, 2.24) is 0 Å². The Hall–Kier alpha value is -0.420. The van der Waals surface area contributed by atoms with Gasteiger partial charge in [0.25, 0.3) is 0 Å². The summed E-state index contributed by atoms with van der Waals surface area (Å²) in [6, 6.07) is 0. The van der Waals surface area contributed by atoms with E-state index in [-0.39, 0.29) is 0 Å². The second-order valence-corrected chi connectivity index (χ2v) is 2.43. The zero-order valence-electron chi connectivity index (χ0n) is 9.03. The van der Waals surface area contributed by atoms with E-state index in [9.17, 15) is 0 Å². The van der Waals surface area contributed by atoms with Crippen LogP contribution in [0, 0.1) is 0 Å². The van der Waals surface area contributed by atoms with E-state index in [0.717, 1.165) is 0 Å². The minimum Gasteiger partial charge on any atom is -0.356 e. The van der Waals surface area contributed by atoms with Crippen LogP contribution in [0.4, 0.5) is 0 Å². The van der Waals surface area contributed by atoms with Gasteiger partial charge in [0.1, 0.15) is 13.6 Å². The van der Waals surface area contributed by atoms with E-state index < -0.39 is 0 Å². The second kappa shape index (κ2) is 12.6. The van der Waals surface area contributed by atoms with Crippen LogP contribution in [-0.4, -0.2) is 40.0 Å². The first-order valence-electron chi connectivity index (χ1n) is 4.87. The SMILES string of the molecule is CCOCOC/C=C/COCOCC. The van der Waals surface area contributed by atoms with Crippen molar-refractivity contribution < 1.29 is 18.9 Å². The Morgan fingerprint density at radius 3 is 1.50 bits per heavy atom. The van der Waals surface area contributed by atoms with Crippen LogP contribution in [0.2, 0.25) is 0 Å². The molecule has 0 aliphatic heterocycles. The van der Waals surface area contributed by atoms with Crippen molar-refractivity contribution in [2.45, 2.75) is 13.8 Å². The van der Waals surface area contributed by atoms with E-state index >= 15 is 0 Å². The van der Waals surface area contributed by atoms with Crippen LogP contribution in [0.5, 0.6) is 0 Å². The lowest BCUT2D eigenvalue weighted by molar-refractivity contribution is -0.0423. The molecule has 0 aliphatic rings. The van der Waals surface area contributed by atoms with Gasteiger partial charge < -0.3 is 18.9 Å². The van der Waals surface area contributed by atoms with Crippen LogP contribution in [-0.2, 0) is 18.9 Å². The summed E-state index contributed by atoms with van der Waals surface area (Å²) in [6.45, 7) is 7.03. The quantitative estimate of drug-likeness (QED) is 0.307. The molecule has 0 fully saturated rings. The van der Waals surface area contributed by atoms with Gasteiger partial charge >= 0.3 is 0 Å². The highest BCUT2D eigenvalue weighted by molar-refractivity contribution is 4.80. The topological polar surface area (TPSA) is 36.9 Å². The first-order valence-corrected chi connectivity index (χ1v) is 4.87. The van der Waals surface area contributed by atoms with E-state index in [1.807, 2.05) is 26.0 Å². The van der Waals surface area contributed by atoms with Gasteiger partial charge in [-0.25, -0.2) is 0 Å². The lowest BCUT2D eigenvalue weighted by Gasteiger charge is -2.01. The van der Waals surface area contributed by atoms with Crippen molar-refractivity contribution in [1.29, 1.82) is 0 Å². The number of hydrogen-bond donors (Lipinski definition) is 0. The number of rotatable bonds is 10. The number of ether oxygens (including phenoxy) is 4. The van der Waals surface area contributed by atoms with Gasteiger partial charge in [0.05, 0.1) is 13.2 Å². The van der Waals surface area contributed by atoms with E-state index in [4.69, 9.17) is 18.9 Å². The molecule has 0 spiro atoms. The van der Waals surface area contributed by atoms with Crippen LogP contribution in [0.3, 0.4) is 0 Å². The Balaban J connectivity index is 2.96. The summed E-state index contributed by atoms with van der Waals surface area (Å²) in [5, 5.41) is 0. The van der Waals surface area contributed by atoms with Crippen molar-refractivity contribution in [3.05, 3.63) is 12.2 Å². The molecule has 0 radical (unpaired) electrons. The smallest absolute Gasteiger partial charge is 0.147 e. The molecule has 0 atom stereocenters. The molecule has 0 aromatic heterocycles. The highest BCUT2D eigenvalue weighted by Gasteiger charge is 1.83. The number of hydrogen-bond acceptors (Lipinski definition) is 4. The van der Waals surface area contributed by atoms with E-state index in [2.05, 4.69) is 0 Å². The zero-order valence-corrected chi connectivity index (χ0v) is 9.03. The molecule has 14 heavy (non-hydrogen) atoms. The molecule has 0 saturated heterocycles. The summed E-state index contributed by atoms with van der Waals surface area (Å²) in [4.78, 5) is 0. The first-order chi connectivity index (χ1) is 6.91. The predicted octanol–water partition coefficient (Wildman–Crippen LogP) is 1.56. The summed E-state index contributed by atoms with van der Waals surface area (Å²) < 4.78 is 20.2. The van der Waals surface area contributed by atoms with Gasteiger partial charge in [0.15, 0.2) is 0 Å². The third-order valence-electron chi connectivity index (χ3n) is 1.34. The third kappa shape index (κ3) is 11.6. The normalized spacial score (nSPS) is 11.3. The second-order valence-electron chi connectivity index (χ2n) is 2.43. The third-order valence-corrected chi connectivity index (χ3v) is 1.34. The summed E-state index contributed by atoms with van der Waals surface area (Å²) >= 11 is 0. The van der Waals surface area contributed by atoms with Crippen LogP contribution >= 0.6 is 0 Å². The maximum absolute atomic E-state index is 5.11. The van der Waals surface area contributed by atoms with Crippen molar-refractivity contribution in [2.24, 2.45) is 0 Å². The predicted molar refractivity (Wildman–Crippen MR) is 54.0 cm³/mol. The lowest BCUT2D eigenvalue weighted by Crippen LogP contribution is -2.00. The van der Waals surface area contributed by atoms with Crippen molar-refractivity contribution >= 4 is 0 Å². The molecule has 0 N–H and O–H groups in total. The summed E-state index contributed by atoms with van der Waals surface area (Å²) in [6.07, 6.45) is 3.79. The lowest BCUT2D eigenvalue weighted by atomic mass is 10.5. The Morgan fingerprint density at radius 2 is 1.14 bits per heavy atom. The Bertz CT molecular complexity index is 111. The van der Waals surface area contributed by atoms with E-state index in [0.29, 0.717) is 40.0 Å². The molecule has 0 aromatic rings. The minimum atomic E-state index is 0.348. The van der Waals surface area contributed by atoms with E-state index in [1.54, 1.807) is 0 Å². The molecular formula is C10H20O4. The van der Waals surface area contributed by atoms with Crippen LogP contribution in [0.25, 0.3) is 0 Å². The molecule has 0 amide bonds. The molecule has 0 unspecified atom stereocenters. The maximum Gasteiger partial charge on any atom is 0.147 e. The van der Waals surface area contributed by atoms with Gasteiger partial charge in [-0.15, -0.1) is 0 Å². The molecule has 0 aromatic carbocycles. The van der Waals surface area contributed by atoms with Gasteiger partial charge in [0, 0.05) is 13.2 Å². The van der Waals surface area contributed by atoms with E-state index in [1.165, 1.54) is 0 Å². The van der Waals surface area contributed by atoms with Gasteiger partial charge in [-0.2, -0.15) is 0 Å². The van der Waals surface area contributed by atoms with Crippen molar-refractivity contribution in [3.8, 4) is 0 Å². The molecule has 0 heterocycles. The average Bonchev–Trinajstić information content (AvgIpc) is 2.21. The highest BCUT2D eigenvalue weighted by Crippen LogP contribution is 1.83.